The van der Waals surface area contributed by atoms with Crippen LogP contribution < -0.4 is 10.6 Å². The number of hydrogen-bond donors (Lipinski definition) is 2. The van der Waals surface area contributed by atoms with Crippen LogP contribution in [0, 0.1) is 6.92 Å². The smallest absolute Gasteiger partial charge is 0.239 e. The first kappa shape index (κ1) is 14.5. The van der Waals surface area contributed by atoms with Gasteiger partial charge in [-0.2, -0.15) is 0 Å². The standard InChI is InChI=1S/C15H17ClN2O2/c1-10-5-6-13(12(16)8-10)17-9-15(19)18-11(2)14-4-3-7-20-14/h3-8,11,17H,9H2,1-2H3,(H,18,19). The first-order valence-corrected chi connectivity index (χ1v) is 6.77. The largest absolute Gasteiger partial charge is 0.467 e. The zero-order chi connectivity index (χ0) is 14.5. The van der Waals surface area contributed by atoms with Crippen LogP contribution in [-0.2, 0) is 4.79 Å². The summed E-state index contributed by atoms with van der Waals surface area (Å²) < 4.78 is 5.23. The molecule has 0 fully saturated rings. The summed E-state index contributed by atoms with van der Waals surface area (Å²) in [6.07, 6.45) is 1.59. The molecule has 0 radical (unpaired) electrons. The van der Waals surface area contributed by atoms with Crippen LogP contribution in [0.5, 0.6) is 0 Å². The monoisotopic (exact) mass is 292 g/mol. The molecule has 0 saturated carbocycles. The zero-order valence-corrected chi connectivity index (χ0v) is 12.2. The Morgan fingerprint density at radius 2 is 2.20 bits per heavy atom. The zero-order valence-electron chi connectivity index (χ0n) is 11.4. The molecule has 1 unspecified atom stereocenters. The van der Waals surface area contributed by atoms with Crippen molar-refractivity contribution in [3.05, 3.63) is 52.9 Å². The number of anilines is 1. The molecule has 106 valence electrons. The molecule has 1 aromatic carbocycles. The van der Waals surface area contributed by atoms with Crippen molar-refractivity contribution in [2.75, 3.05) is 11.9 Å². The number of furan rings is 1. The van der Waals surface area contributed by atoms with Gasteiger partial charge >= 0.3 is 0 Å². The molecule has 5 heteroatoms. The Labute approximate surface area is 123 Å². The number of halogens is 1. The molecule has 2 N–H and O–H groups in total. The lowest BCUT2D eigenvalue weighted by molar-refractivity contribution is -0.120. The van der Waals surface area contributed by atoms with Gasteiger partial charge in [-0.25, -0.2) is 0 Å². The van der Waals surface area contributed by atoms with E-state index in [1.165, 1.54) is 0 Å². The molecule has 1 heterocycles. The number of carbonyl (C=O) groups is 1. The molecule has 2 rings (SSSR count). The number of carbonyl (C=O) groups excluding carboxylic acids is 1. The molecule has 1 atom stereocenters. The summed E-state index contributed by atoms with van der Waals surface area (Å²) in [5, 5.41) is 6.47. The van der Waals surface area contributed by atoms with Crippen LogP contribution in [0.1, 0.15) is 24.3 Å². The summed E-state index contributed by atoms with van der Waals surface area (Å²) >= 11 is 6.09. The number of nitrogens with one attached hydrogen (secondary N) is 2. The fourth-order valence-electron chi connectivity index (χ4n) is 1.84. The summed E-state index contributed by atoms with van der Waals surface area (Å²) in [6, 6.07) is 9.12. The summed E-state index contributed by atoms with van der Waals surface area (Å²) in [6.45, 7) is 4.00. The van der Waals surface area contributed by atoms with Gasteiger partial charge in [-0.3, -0.25) is 4.79 Å². The van der Waals surface area contributed by atoms with Gasteiger partial charge in [0.2, 0.25) is 5.91 Å². The SMILES string of the molecule is Cc1ccc(NCC(=O)NC(C)c2ccco2)c(Cl)c1. The van der Waals surface area contributed by atoms with Crippen LogP contribution in [0.15, 0.2) is 41.0 Å². The van der Waals surface area contributed by atoms with E-state index in [0.29, 0.717) is 5.02 Å². The average molecular weight is 293 g/mol. The maximum atomic E-state index is 11.8. The molecule has 2 aromatic rings. The van der Waals surface area contributed by atoms with E-state index in [1.54, 1.807) is 12.3 Å². The molecular weight excluding hydrogens is 276 g/mol. The normalized spacial score (nSPS) is 11.9. The van der Waals surface area contributed by atoms with Crippen molar-refractivity contribution in [3.8, 4) is 0 Å². The summed E-state index contributed by atoms with van der Waals surface area (Å²) in [5.74, 6) is 0.609. The number of hydrogen-bond acceptors (Lipinski definition) is 3. The molecular formula is C15H17ClN2O2. The van der Waals surface area contributed by atoms with Gasteiger partial charge in [0.05, 0.1) is 29.6 Å². The van der Waals surface area contributed by atoms with Crippen LogP contribution in [0.25, 0.3) is 0 Å². The Bertz CT molecular complexity index is 582. The van der Waals surface area contributed by atoms with Crippen molar-refractivity contribution in [3.63, 3.8) is 0 Å². The summed E-state index contributed by atoms with van der Waals surface area (Å²) in [5.41, 5.74) is 1.83. The van der Waals surface area contributed by atoms with Crippen molar-refractivity contribution < 1.29 is 9.21 Å². The molecule has 0 aliphatic heterocycles. The van der Waals surface area contributed by atoms with Crippen molar-refractivity contribution in [2.24, 2.45) is 0 Å². The minimum Gasteiger partial charge on any atom is -0.467 e. The van der Waals surface area contributed by atoms with Gasteiger partial charge in [0, 0.05) is 0 Å². The average Bonchev–Trinajstić information content (AvgIpc) is 2.91. The second kappa shape index (κ2) is 6.48. The molecule has 0 bridgehead atoms. The fraction of sp³-hybridized carbons (Fsp3) is 0.267. The molecule has 0 spiro atoms. The number of aryl methyl sites for hydroxylation is 1. The Kier molecular flexibility index (Phi) is 4.69. The van der Waals surface area contributed by atoms with Crippen LogP contribution in [0.2, 0.25) is 5.02 Å². The first-order valence-electron chi connectivity index (χ1n) is 6.39. The van der Waals surface area contributed by atoms with Gasteiger partial charge in [-0.1, -0.05) is 17.7 Å². The van der Waals surface area contributed by atoms with Crippen molar-refractivity contribution >= 4 is 23.2 Å². The van der Waals surface area contributed by atoms with Gasteiger partial charge in [-0.05, 0) is 43.7 Å². The highest BCUT2D eigenvalue weighted by molar-refractivity contribution is 6.33. The van der Waals surface area contributed by atoms with E-state index in [0.717, 1.165) is 17.0 Å². The number of rotatable bonds is 5. The Balaban J connectivity index is 1.86. The minimum absolute atomic E-state index is 0.120. The quantitative estimate of drug-likeness (QED) is 0.886. The van der Waals surface area contributed by atoms with Crippen LogP contribution in [0.4, 0.5) is 5.69 Å². The molecule has 4 nitrogen and oxygen atoms in total. The molecule has 0 aliphatic rings. The lowest BCUT2D eigenvalue weighted by Gasteiger charge is -2.13. The topological polar surface area (TPSA) is 54.3 Å². The number of benzene rings is 1. The third-order valence-electron chi connectivity index (χ3n) is 2.91. The van der Waals surface area contributed by atoms with Crippen molar-refractivity contribution in [1.29, 1.82) is 0 Å². The Hall–Kier alpha value is -1.94. The van der Waals surface area contributed by atoms with E-state index in [4.69, 9.17) is 16.0 Å². The van der Waals surface area contributed by atoms with E-state index >= 15 is 0 Å². The molecule has 0 aliphatic carbocycles. The van der Waals surface area contributed by atoms with Gasteiger partial charge in [0.15, 0.2) is 0 Å². The number of amides is 1. The maximum Gasteiger partial charge on any atom is 0.239 e. The Morgan fingerprint density at radius 3 is 2.85 bits per heavy atom. The lowest BCUT2D eigenvalue weighted by atomic mass is 10.2. The Morgan fingerprint density at radius 1 is 1.40 bits per heavy atom. The molecule has 20 heavy (non-hydrogen) atoms. The minimum atomic E-state index is -0.159. The summed E-state index contributed by atoms with van der Waals surface area (Å²) in [7, 11) is 0. The van der Waals surface area contributed by atoms with Crippen LogP contribution >= 0.6 is 11.6 Å². The third-order valence-corrected chi connectivity index (χ3v) is 3.22. The van der Waals surface area contributed by atoms with Gasteiger partial charge in [0.1, 0.15) is 5.76 Å². The highest BCUT2D eigenvalue weighted by Gasteiger charge is 2.11. The van der Waals surface area contributed by atoms with Crippen molar-refractivity contribution in [1.82, 2.24) is 5.32 Å². The highest BCUT2D eigenvalue weighted by atomic mass is 35.5. The maximum absolute atomic E-state index is 11.8. The van der Waals surface area contributed by atoms with Gasteiger partial charge in [0.25, 0.3) is 0 Å². The van der Waals surface area contributed by atoms with Crippen molar-refractivity contribution in [2.45, 2.75) is 19.9 Å². The van der Waals surface area contributed by atoms with E-state index in [2.05, 4.69) is 10.6 Å². The predicted molar refractivity (Wildman–Crippen MR) is 79.9 cm³/mol. The fourth-order valence-corrected chi connectivity index (χ4v) is 2.14. The first-order chi connectivity index (χ1) is 9.56. The lowest BCUT2D eigenvalue weighted by Crippen LogP contribution is -2.31. The molecule has 0 saturated heterocycles. The van der Waals surface area contributed by atoms with E-state index in [-0.39, 0.29) is 18.5 Å². The highest BCUT2D eigenvalue weighted by Crippen LogP contribution is 2.22. The second-order valence-electron chi connectivity index (χ2n) is 4.64. The van der Waals surface area contributed by atoms with Crippen LogP contribution in [0.3, 0.4) is 0 Å². The predicted octanol–water partition coefficient (Wildman–Crippen LogP) is 3.53. The van der Waals surface area contributed by atoms with Gasteiger partial charge in [-0.15, -0.1) is 0 Å². The molecule has 1 aromatic heterocycles. The van der Waals surface area contributed by atoms with E-state index in [1.807, 2.05) is 38.1 Å². The second-order valence-corrected chi connectivity index (χ2v) is 5.05. The summed E-state index contributed by atoms with van der Waals surface area (Å²) in [4.78, 5) is 11.8. The van der Waals surface area contributed by atoms with Crippen LogP contribution in [-0.4, -0.2) is 12.5 Å². The van der Waals surface area contributed by atoms with Gasteiger partial charge < -0.3 is 15.1 Å². The van der Waals surface area contributed by atoms with E-state index < -0.39 is 0 Å². The molecule has 1 amide bonds. The van der Waals surface area contributed by atoms with E-state index in [9.17, 15) is 4.79 Å². The third kappa shape index (κ3) is 3.78.